The van der Waals surface area contributed by atoms with E-state index in [2.05, 4.69) is 10.5 Å². The van der Waals surface area contributed by atoms with E-state index in [1.54, 1.807) is 7.05 Å². The lowest BCUT2D eigenvalue weighted by molar-refractivity contribution is -0.126. The highest BCUT2D eigenvalue weighted by atomic mass is 35.5. The Kier molecular flexibility index (Phi) is 3.75. The topological polar surface area (TPSA) is 44.7 Å². The van der Waals surface area contributed by atoms with Gasteiger partial charge in [-0.2, -0.15) is 5.10 Å². The molecular formula is C11H16ClF2N3O. The van der Waals surface area contributed by atoms with Gasteiger partial charge in [-0.1, -0.05) is 0 Å². The molecule has 1 aliphatic carbocycles. The molecule has 0 aromatic heterocycles. The molecule has 0 spiro atoms. The monoisotopic (exact) mass is 279 g/mol. The lowest BCUT2D eigenvalue weighted by Crippen LogP contribution is -2.33. The zero-order valence-electron chi connectivity index (χ0n) is 10.1. The maximum Gasteiger partial charge on any atom is 0.253 e. The first-order chi connectivity index (χ1) is 8.45. The predicted molar refractivity (Wildman–Crippen MR) is 64.8 cm³/mol. The Morgan fingerprint density at radius 3 is 2.89 bits per heavy atom. The van der Waals surface area contributed by atoms with Gasteiger partial charge in [-0.15, -0.1) is 11.6 Å². The van der Waals surface area contributed by atoms with Crippen molar-refractivity contribution in [2.45, 2.75) is 37.6 Å². The third-order valence-corrected chi connectivity index (χ3v) is 3.67. The lowest BCUT2D eigenvalue weighted by atomic mass is 10.1. The number of amides is 1. The van der Waals surface area contributed by atoms with Crippen LogP contribution in [0.1, 0.15) is 25.7 Å². The van der Waals surface area contributed by atoms with Crippen molar-refractivity contribution in [3.05, 3.63) is 0 Å². The summed E-state index contributed by atoms with van der Waals surface area (Å²) in [5.74, 6) is -2.34. The zero-order valence-corrected chi connectivity index (χ0v) is 10.9. The van der Waals surface area contributed by atoms with Crippen LogP contribution < -0.4 is 5.43 Å². The van der Waals surface area contributed by atoms with Crippen LogP contribution in [-0.4, -0.2) is 41.5 Å². The van der Waals surface area contributed by atoms with Gasteiger partial charge in [-0.3, -0.25) is 4.79 Å². The van der Waals surface area contributed by atoms with Gasteiger partial charge in [0.2, 0.25) is 5.91 Å². The fourth-order valence-corrected chi connectivity index (χ4v) is 2.22. The third-order valence-electron chi connectivity index (χ3n) is 3.41. The van der Waals surface area contributed by atoms with Crippen LogP contribution in [0.2, 0.25) is 0 Å². The molecule has 4 nitrogen and oxygen atoms in total. The van der Waals surface area contributed by atoms with Crippen molar-refractivity contribution in [2.75, 3.05) is 12.9 Å². The molecule has 2 aliphatic rings. The Morgan fingerprint density at radius 1 is 1.67 bits per heavy atom. The predicted octanol–water partition coefficient (Wildman–Crippen LogP) is 1.79. The number of carbonyl (C=O) groups is 1. The summed E-state index contributed by atoms with van der Waals surface area (Å²) in [6.07, 6.45) is 1.25. The van der Waals surface area contributed by atoms with E-state index in [1.165, 1.54) is 4.90 Å². The normalized spacial score (nSPS) is 28.6. The van der Waals surface area contributed by atoms with Crippen LogP contribution in [0.25, 0.3) is 0 Å². The van der Waals surface area contributed by atoms with Gasteiger partial charge >= 0.3 is 0 Å². The minimum absolute atomic E-state index is 0.0839. The highest BCUT2D eigenvalue weighted by Gasteiger charge is 2.61. The summed E-state index contributed by atoms with van der Waals surface area (Å²) in [7, 11) is 1.62. The molecule has 102 valence electrons. The van der Waals surface area contributed by atoms with Crippen molar-refractivity contribution in [1.82, 2.24) is 10.3 Å². The van der Waals surface area contributed by atoms with Gasteiger partial charge in [0.1, 0.15) is 5.84 Å². The number of halogens is 3. The summed E-state index contributed by atoms with van der Waals surface area (Å²) in [6, 6.07) is -0.349. The van der Waals surface area contributed by atoms with Crippen LogP contribution in [0.4, 0.5) is 8.78 Å². The summed E-state index contributed by atoms with van der Waals surface area (Å²) in [5, 5.41) is 3.98. The molecule has 1 heterocycles. The Balaban J connectivity index is 1.83. The molecular weight excluding hydrogens is 264 g/mol. The van der Waals surface area contributed by atoms with Gasteiger partial charge in [0.15, 0.2) is 0 Å². The Labute approximate surface area is 109 Å². The van der Waals surface area contributed by atoms with Crippen molar-refractivity contribution in [3.8, 4) is 0 Å². The van der Waals surface area contributed by atoms with Crippen LogP contribution in [0.15, 0.2) is 5.10 Å². The molecule has 1 N–H and O–H groups in total. The van der Waals surface area contributed by atoms with E-state index in [4.69, 9.17) is 11.6 Å². The summed E-state index contributed by atoms with van der Waals surface area (Å²) >= 11 is 5.52. The molecule has 18 heavy (non-hydrogen) atoms. The minimum atomic E-state index is -2.57. The van der Waals surface area contributed by atoms with Gasteiger partial charge in [0.25, 0.3) is 5.92 Å². The molecule has 0 aromatic rings. The minimum Gasteiger partial charge on any atom is -0.304 e. The number of carbonyl (C=O) groups excluding carboxylic acids is 1. The molecule has 1 fully saturated rings. The van der Waals surface area contributed by atoms with E-state index in [0.29, 0.717) is 31.0 Å². The zero-order chi connectivity index (χ0) is 13.3. The third kappa shape index (κ3) is 2.74. The maximum atomic E-state index is 12.9. The molecule has 7 heteroatoms. The molecule has 0 radical (unpaired) electrons. The number of nitrogens with zero attached hydrogens (tertiary/aromatic N) is 2. The second-order valence-electron chi connectivity index (χ2n) is 4.78. The number of hydrogen-bond acceptors (Lipinski definition) is 3. The smallest absolute Gasteiger partial charge is 0.253 e. The van der Waals surface area contributed by atoms with Crippen molar-refractivity contribution in [2.24, 2.45) is 11.0 Å². The summed E-state index contributed by atoms with van der Waals surface area (Å²) in [6.45, 7) is 0. The van der Waals surface area contributed by atoms with E-state index < -0.39 is 11.8 Å². The molecule has 1 amide bonds. The molecule has 0 saturated heterocycles. The van der Waals surface area contributed by atoms with Crippen LogP contribution >= 0.6 is 11.6 Å². The van der Waals surface area contributed by atoms with E-state index in [9.17, 15) is 13.6 Å². The fraction of sp³-hybridized carbons (Fsp3) is 0.818. The van der Waals surface area contributed by atoms with E-state index in [1.807, 2.05) is 0 Å². The van der Waals surface area contributed by atoms with Crippen molar-refractivity contribution in [1.29, 1.82) is 0 Å². The Hall–Kier alpha value is -0.910. The second kappa shape index (κ2) is 4.99. The molecule has 1 saturated carbocycles. The Bertz CT molecular complexity index is 375. The van der Waals surface area contributed by atoms with Crippen LogP contribution in [0, 0.1) is 5.92 Å². The van der Waals surface area contributed by atoms with Gasteiger partial charge in [0, 0.05) is 32.2 Å². The first-order valence-corrected chi connectivity index (χ1v) is 6.51. The van der Waals surface area contributed by atoms with Gasteiger partial charge < -0.3 is 10.3 Å². The second-order valence-corrected chi connectivity index (χ2v) is 5.16. The number of alkyl halides is 3. The standard InChI is InChI=1S/C11H16ClF2N3O/c1-17(10(18)3-2-4-12)9-5-8(15-16-9)7-6-11(7,13)14/h7-8,15H,2-6H2,1H3/t7-,8?/m0/s1. The average Bonchev–Trinajstić information content (AvgIpc) is 2.80. The van der Waals surface area contributed by atoms with E-state index >= 15 is 0 Å². The highest BCUT2D eigenvalue weighted by Crippen LogP contribution is 2.51. The van der Waals surface area contributed by atoms with Gasteiger partial charge in [-0.25, -0.2) is 8.78 Å². The van der Waals surface area contributed by atoms with Gasteiger partial charge in [0.05, 0.1) is 12.0 Å². The lowest BCUT2D eigenvalue weighted by Gasteiger charge is -2.16. The van der Waals surface area contributed by atoms with E-state index in [-0.39, 0.29) is 18.4 Å². The van der Waals surface area contributed by atoms with Crippen molar-refractivity contribution in [3.63, 3.8) is 0 Å². The molecule has 1 unspecified atom stereocenters. The number of hydrogen-bond donors (Lipinski definition) is 1. The average molecular weight is 280 g/mol. The van der Waals surface area contributed by atoms with Crippen LogP contribution in [0.3, 0.4) is 0 Å². The molecule has 0 aromatic carbocycles. The number of amidine groups is 1. The fourth-order valence-electron chi connectivity index (χ4n) is 2.09. The number of hydrazone groups is 1. The van der Waals surface area contributed by atoms with E-state index in [0.717, 1.165) is 0 Å². The first kappa shape index (κ1) is 13.5. The number of rotatable bonds is 4. The van der Waals surface area contributed by atoms with Crippen molar-refractivity contribution >= 4 is 23.3 Å². The Morgan fingerprint density at radius 2 is 2.33 bits per heavy atom. The summed E-state index contributed by atoms with van der Waals surface area (Å²) < 4.78 is 25.8. The van der Waals surface area contributed by atoms with Gasteiger partial charge in [-0.05, 0) is 6.42 Å². The largest absolute Gasteiger partial charge is 0.304 e. The maximum absolute atomic E-state index is 12.9. The summed E-state index contributed by atoms with van der Waals surface area (Å²) in [4.78, 5) is 13.1. The SMILES string of the molecule is CN(C(=O)CCCCl)C1=NNC([C@@H]2CC2(F)F)C1. The quantitative estimate of drug-likeness (QED) is 0.798. The van der Waals surface area contributed by atoms with Crippen LogP contribution in [-0.2, 0) is 4.79 Å². The molecule has 2 rings (SSSR count). The number of nitrogens with one attached hydrogen (secondary N) is 1. The highest BCUT2D eigenvalue weighted by molar-refractivity contribution is 6.18. The van der Waals surface area contributed by atoms with Crippen molar-refractivity contribution < 1.29 is 13.6 Å². The van der Waals surface area contributed by atoms with Crippen LogP contribution in [0.5, 0.6) is 0 Å². The molecule has 1 aliphatic heterocycles. The summed E-state index contributed by atoms with van der Waals surface area (Å²) in [5.41, 5.74) is 2.70. The molecule has 0 bridgehead atoms. The first-order valence-electron chi connectivity index (χ1n) is 5.98. The molecule has 2 atom stereocenters.